The van der Waals surface area contributed by atoms with Crippen LogP contribution in [0.1, 0.15) is 43.7 Å². The first kappa shape index (κ1) is 16.4. The highest BCUT2D eigenvalue weighted by atomic mass is 32.2. The van der Waals surface area contributed by atoms with Gasteiger partial charge in [0.15, 0.2) is 9.84 Å². The Morgan fingerprint density at radius 3 is 2.43 bits per heavy atom. The number of carbonyl (C=O) groups excluding carboxylic acids is 1. The van der Waals surface area contributed by atoms with Gasteiger partial charge in [-0.1, -0.05) is 18.6 Å². The van der Waals surface area contributed by atoms with Gasteiger partial charge in [-0.15, -0.1) is 0 Å². The fourth-order valence-electron chi connectivity index (χ4n) is 3.44. The molecule has 1 aromatic carbocycles. The van der Waals surface area contributed by atoms with Gasteiger partial charge in [0.1, 0.15) is 5.82 Å². The van der Waals surface area contributed by atoms with Crippen molar-refractivity contribution in [3.63, 3.8) is 0 Å². The number of benzene rings is 1. The van der Waals surface area contributed by atoms with Gasteiger partial charge in [0.2, 0.25) is 5.91 Å². The van der Waals surface area contributed by atoms with Gasteiger partial charge in [-0.3, -0.25) is 4.79 Å². The largest absolute Gasteiger partial charge is 0.349 e. The molecule has 6 heteroatoms. The molecule has 3 rings (SSSR count). The smallest absolute Gasteiger partial charge is 0.220 e. The van der Waals surface area contributed by atoms with E-state index in [1.165, 1.54) is 12.1 Å². The number of hydrogen-bond donors (Lipinski definition) is 1. The van der Waals surface area contributed by atoms with Crippen LogP contribution in [-0.4, -0.2) is 25.8 Å². The topological polar surface area (TPSA) is 63.2 Å². The minimum Gasteiger partial charge on any atom is -0.349 e. The van der Waals surface area contributed by atoms with E-state index < -0.39 is 9.84 Å². The predicted molar refractivity (Wildman–Crippen MR) is 86.0 cm³/mol. The summed E-state index contributed by atoms with van der Waals surface area (Å²) in [5.74, 6) is 0.226. The Labute approximate surface area is 136 Å². The Morgan fingerprint density at radius 1 is 1.22 bits per heavy atom. The van der Waals surface area contributed by atoms with Crippen LogP contribution in [0.5, 0.6) is 0 Å². The molecule has 1 N–H and O–H groups in total. The summed E-state index contributed by atoms with van der Waals surface area (Å²) in [7, 11) is -2.96. The van der Waals surface area contributed by atoms with E-state index in [0.717, 1.165) is 24.8 Å². The standard InChI is InChI=1S/C17H22FNO3S/c18-15-6-4-14(5-7-15)17(13-2-1-3-13)19-16(20)10-12-8-9-23(21,22)11-12/h4-7,12-13,17H,1-3,8-11H2,(H,19,20)/t12-,17-/m0/s1. The van der Waals surface area contributed by atoms with Gasteiger partial charge >= 0.3 is 0 Å². The maximum absolute atomic E-state index is 13.1. The fourth-order valence-corrected chi connectivity index (χ4v) is 5.31. The second kappa shape index (κ2) is 6.59. The zero-order valence-electron chi connectivity index (χ0n) is 13.0. The lowest BCUT2D eigenvalue weighted by atomic mass is 9.77. The molecule has 1 saturated carbocycles. The summed E-state index contributed by atoms with van der Waals surface area (Å²) in [6, 6.07) is 6.17. The Balaban J connectivity index is 1.64. The van der Waals surface area contributed by atoms with Gasteiger partial charge < -0.3 is 5.32 Å². The zero-order chi connectivity index (χ0) is 16.4. The lowest BCUT2D eigenvalue weighted by molar-refractivity contribution is -0.123. The lowest BCUT2D eigenvalue weighted by Crippen LogP contribution is -2.37. The van der Waals surface area contributed by atoms with Crippen molar-refractivity contribution in [2.24, 2.45) is 11.8 Å². The third-order valence-corrected chi connectivity index (χ3v) is 6.80. The average molecular weight is 339 g/mol. The molecular weight excluding hydrogens is 317 g/mol. The molecule has 2 fully saturated rings. The van der Waals surface area contributed by atoms with Crippen LogP contribution in [-0.2, 0) is 14.6 Å². The van der Waals surface area contributed by atoms with Gasteiger partial charge in [0.25, 0.3) is 0 Å². The molecule has 1 heterocycles. The van der Waals surface area contributed by atoms with Gasteiger partial charge in [0.05, 0.1) is 17.5 Å². The average Bonchev–Trinajstić information content (AvgIpc) is 2.76. The highest BCUT2D eigenvalue weighted by Crippen LogP contribution is 2.38. The molecule has 4 nitrogen and oxygen atoms in total. The molecule has 0 radical (unpaired) electrons. The molecule has 2 aliphatic rings. The molecule has 0 aromatic heterocycles. The van der Waals surface area contributed by atoms with Crippen molar-refractivity contribution < 1.29 is 17.6 Å². The summed E-state index contributed by atoms with van der Waals surface area (Å²) in [6.45, 7) is 0. The van der Waals surface area contributed by atoms with Crippen LogP contribution in [0.3, 0.4) is 0 Å². The molecule has 1 aromatic rings. The first-order valence-electron chi connectivity index (χ1n) is 8.18. The van der Waals surface area contributed by atoms with Crippen LogP contribution in [0.4, 0.5) is 4.39 Å². The molecule has 126 valence electrons. The van der Waals surface area contributed by atoms with Crippen LogP contribution in [0.25, 0.3) is 0 Å². The van der Waals surface area contributed by atoms with Crippen molar-refractivity contribution in [2.45, 2.75) is 38.1 Å². The van der Waals surface area contributed by atoms with Crippen LogP contribution in [0.15, 0.2) is 24.3 Å². The van der Waals surface area contributed by atoms with Crippen molar-refractivity contribution in [3.8, 4) is 0 Å². The molecule has 1 aliphatic heterocycles. The first-order valence-corrected chi connectivity index (χ1v) is 10.0. The summed E-state index contributed by atoms with van der Waals surface area (Å²) >= 11 is 0. The molecule has 0 spiro atoms. The van der Waals surface area contributed by atoms with Crippen LogP contribution in [0.2, 0.25) is 0 Å². The molecule has 1 amide bonds. The second-order valence-corrected chi connectivity index (χ2v) is 8.99. The van der Waals surface area contributed by atoms with E-state index in [1.807, 2.05) is 0 Å². The summed E-state index contributed by atoms with van der Waals surface area (Å²) in [4.78, 5) is 12.3. The molecule has 0 unspecified atom stereocenters. The number of sulfone groups is 1. The number of carbonyl (C=O) groups is 1. The molecule has 2 atom stereocenters. The molecule has 1 saturated heterocycles. The van der Waals surface area contributed by atoms with Crippen LogP contribution >= 0.6 is 0 Å². The summed E-state index contributed by atoms with van der Waals surface area (Å²) in [5, 5.41) is 3.05. The quantitative estimate of drug-likeness (QED) is 0.897. The van der Waals surface area contributed by atoms with Crippen molar-refractivity contribution in [3.05, 3.63) is 35.6 Å². The van der Waals surface area contributed by atoms with Gasteiger partial charge in [-0.25, -0.2) is 12.8 Å². The third kappa shape index (κ3) is 4.10. The van der Waals surface area contributed by atoms with Gasteiger partial charge in [-0.2, -0.15) is 0 Å². The first-order chi connectivity index (χ1) is 10.9. The number of hydrogen-bond acceptors (Lipinski definition) is 3. The van der Waals surface area contributed by atoms with E-state index in [0.29, 0.717) is 12.3 Å². The lowest BCUT2D eigenvalue weighted by Gasteiger charge is -2.35. The maximum atomic E-state index is 13.1. The molecular formula is C17H22FNO3S. The Kier molecular flexibility index (Phi) is 4.71. The number of halogens is 1. The van der Waals surface area contributed by atoms with E-state index in [1.54, 1.807) is 12.1 Å². The SMILES string of the molecule is O=C(C[C@@H]1CCS(=O)(=O)C1)N[C@H](c1ccc(F)cc1)C1CCC1. The van der Waals surface area contributed by atoms with Crippen molar-refractivity contribution in [1.82, 2.24) is 5.32 Å². The Morgan fingerprint density at radius 2 is 1.91 bits per heavy atom. The minimum atomic E-state index is -2.96. The third-order valence-electron chi connectivity index (χ3n) is 4.97. The number of rotatable bonds is 5. The van der Waals surface area contributed by atoms with Crippen LogP contribution < -0.4 is 5.32 Å². The highest BCUT2D eigenvalue weighted by molar-refractivity contribution is 7.91. The Hall–Kier alpha value is -1.43. The van der Waals surface area contributed by atoms with Crippen LogP contribution in [0, 0.1) is 17.7 Å². The van der Waals surface area contributed by atoms with Gasteiger partial charge in [0, 0.05) is 6.42 Å². The van der Waals surface area contributed by atoms with E-state index in [-0.39, 0.29) is 41.6 Å². The normalized spacial score (nSPS) is 24.8. The fraction of sp³-hybridized carbons (Fsp3) is 0.588. The predicted octanol–water partition coefficient (Wildman–Crippen LogP) is 2.61. The van der Waals surface area contributed by atoms with Crippen molar-refractivity contribution in [2.75, 3.05) is 11.5 Å². The maximum Gasteiger partial charge on any atom is 0.220 e. The van der Waals surface area contributed by atoms with Crippen molar-refractivity contribution >= 4 is 15.7 Å². The van der Waals surface area contributed by atoms with E-state index >= 15 is 0 Å². The minimum absolute atomic E-state index is 0.0738. The van der Waals surface area contributed by atoms with Gasteiger partial charge in [-0.05, 0) is 48.8 Å². The second-order valence-electron chi connectivity index (χ2n) is 6.76. The van der Waals surface area contributed by atoms with Crippen molar-refractivity contribution in [1.29, 1.82) is 0 Å². The molecule has 1 aliphatic carbocycles. The van der Waals surface area contributed by atoms with E-state index in [9.17, 15) is 17.6 Å². The zero-order valence-corrected chi connectivity index (χ0v) is 13.8. The molecule has 0 bridgehead atoms. The summed E-state index contributed by atoms with van der Waals surface area (Å²) in [5.41, 5.74) is 0.920. The monoisotopic (exact) mass is 339 g/mol. The Bertz CT molecular complexity index is 668. The number of nitrogens with one attached hydrogen (secondary N) is 1. The summed E-state index contributed by atoms with van der Waals surface area (Å²) < 4.78 is 36.1. The van der Waals surface area contributed by atoms with E-state index in [2.05, 4.69) is 5.32 Å². The highest BCUT2D eigenvalue weighted by Gasteiger charge is 2.32. The number of amides is 1. The molecule has 23 heavy (non-hydrogen) atoms. The summed E-state index contributed by atoms with van der Waals surface area (Å²) in [6.07, 6.45) is 4.09. The van der Waals surface area contributed by atoms with E-state index in [4.69, 9.17) is 0 Å².